The molecule has 0 aromatic carbocycles. The molecular weight excluding hydrogens is 320 g/mol. The second kappa shape index (κ2) is 7.79. The average Bonchev–Trinajstić information content (AvgIpc) is 2.96. The van der Waals surface area contributed by atoms with Gasteiger partial charge in [0.05, 0.1) is 11.6 Å². The standard InChI is InChI=1S/C18H24N4OS/c1-18(2,3)15-12-24-17(14(15)11-20)21-16(23)13-5-9-22(10-6-13)8-4-7-19/h12-13H,4-6,8-10H2,1-3H3,(H,21,23). The first-order valence-corrected chi connectivity index (χ1v) is 9.17. The Bertz CT molecular complexity index is 667. The van der Waals surface area contributed by atoms with Gasteiger partial charge in [0.25, 0.3) is 0 Å². The van der Waals surface area contributed by atoms with Crippen LogP contribution in [0.2, 0.25) is 0 Å². The summed E-state index contributed by atoms with van der Waals surface area (Å²) in [5.74, 6) is -0.0104. The summed E-state index contributed by atoms with van der Waals surface area (Å²) in [4.78, 5) is 14.8. The Balaban J connectivity index is 1.98. The van der Waals surface area contributed by atoms with Crippen molar-refractivity contribution in [1.29, 1.82) is 10.5 Å². The molecule has 0 atom stereocenters. The van der Waals surface area contributed by atoms with E-state index in [0.717, 1.165) is 38.0 Å². The van der Waals surface area contributed by atoms with Crippen LogP contribution < -0.4 is 5.32 Å². The normalized spacial score (nSPS) is 16.4. The highest BCUT2D eigenvalue weighted by molar-refractivity contribution is 7.14. The van der Waals surface area contributed by atoms with Crippen molar-refractivity contribution in [3.05, 3.63) is 16.5 Å². The highest BCUT2D eigenvalue weighted by atomic mass is 32.1. The number of carbonyl (C=O) groups is 1. The van der Waals surface area contributed by atoms with Crippen molar-refractivity contribution in [3.63, 3.8) is 0 Å². The second-order valence-corrected chi connectivity index (χ2v) is 8.11. The first kappa shape index (κ1) is 18.4. The van der Waals surface area contributed by atoms with Crippen molar-refractivity contribution in [2.45, 2.75) is 45.4 Å². The largest absolute Gasteiger partial charge is 0.316 e. The van der Waals surface area contributed by atoms with E-state index in [1.807, 2.05) is 5.38 Å². The summed E-state index contributed by atoms with van der Waals surface area (Å²) < 4.78 is 0. The maximum absolute atomic E-state index is 12.5. The van der Waals surface area contributed by atoms with E-state index in [9.17, 15) is 10.1 Å². The molecule has 2 rings (SSSR count). The Morgan fingerprint density at radius 1 is 1.38 bits per heavy atom. The molecule has 1 fully saturated rings. The van der Waals surface area contributed by atoms with Crippen molar-refractivity contribution in [1.82, 2.24) is 4.90 Å². The number of nitriles is 2. The second-order valence-electron chi connectivity index (χ2n) is 7.23. The summed E-state index contributed by atoms with van der Waals surface area (Å²) in [6.07, 6.45) is 2.14. The molecule has 0 aliphatic carbocycles. The van der Waals surface area contributed by atoms with Gasteiger partial charge < -0.3 is 10.2 Å². The maximum Gasteiger partial charge on any atom is 0.228 e. The predicted octanol–water partition coefficient (Wildman–Crippen LogP) is 3.48. The van der Waals surface area contributed by atoms with Gasteiger partial charge in [-0.3, -0.25) is 4.79 Å². The fourth-order valence-electron chi connectivity index (χ4n) is 2.95. The van der Waals surface area contributed by atoms with Crippen molar-refractivity contribution in [3.8, 4) is 12.1 Å². The van der Waals surface area contributed by atoms with Crippen LogP contribution in [0.4, 0.5) is 5.00 Å². The van der Waals surface area contributed by atoms with E-state index in [4.69, 9.17) is 5.26 Å². The quantitative estimate of drug-likeness (QED) is 0.907. The van der Waals surface area contributed by atoms with Gasteiger partial charge in [0.1, 0.15) is 11.1 Å². The first-order valence-electron chi connectivity index (χ1n) is 8.29. The van der Waals surface area contributed by atoms with Crippen LogP contribution in [0.25, 0.3) is 0 Å². The van der Waals surface area contributed by atoms with Crippen molar-refractivity contribution < 1.29 is 4.79 Å². The molecule has 0 unspecified atom stereocenters. The van der Waals surface area contributed by atoms with Crippen LogP contribution in [-0.4, -0.2) is 30.4 Å². The SMILES string of the molecule is CC(C)(C)c1csc(NC(=O)C2CCN(CCC#N)CC2)c1C#N. The number of nitrogens with zero attached hydrogens (tertiary/aromatic N) is 3. The molecule has 1 saturated heterocycles. The number of hydrogen-bond acceptors (Lipinski definition) is 5. The summed E-state index contributed by atoms with van der Waals surface area (Å²) in [5, 5.41) is 23.7. The Morgan fingerprint density at radius 2 is 2.04 bits per heavy atom. The van der Waals surface area contributed by atoms with Gasteiger partial charge in [0, 0.05) is 18.9 Å². The number of rotatable bonds is 4. The molecule has 1 N–H and O–H groups in total. The van der Waals surface area contributed by atoms with Crippen LogP contribution >= 0.6 is 11.3 Å². The lowest BCUT2D eigenvalue weighted by atomic mass is 9.86. The van der Waals surface area contributed by atoms with E-state index in [1.165, 1.54) is 11.3 Å². The molecule has 1 aliphatic heterocycles. The summed E-state index contributed by atoms with van der Waals surface area (Å²) in [7, 11) is 0. The van der Waals surface area contributed by atoms with E-state index < -0.39 is 0 Å². The third kappa shape index (κ3) is 4.35. The highest BCUT2D eigenvalue weighted by Crippen LogP contribution is 2.36. The van der Waals surface area contributed by atoms with Gasteiger partial charge in [0.2, 0.25) is 5.91 Å². The Kier molecular flexibility index (Phi) is 5.99. The van der Waals surface area contributed by atoms with Gasteiger partial charge in [-0.15, -0.1) is 11.3 Å². The lowest BCUT2D eigenvalue weighted by Crippen LogP contribution is -2.38. The van der Waals surface area contributed by atoms with E-state index >= 15 is 0 Å². The lowest BCUT2D eigenvalue weighted by molar-refractivity contribution is -0.121. The molecule has 0 saturated carbocycles. The molecule has 1 amide bonds. The zero-order chi connectivity index (χ0) is 17.7. The van der Waals surface area contributed by atoms with Gasteiger partial charge in [-0.05, 0) is 42.3 Å². The minimum absolute atomic E-state index is 0.00809. The summed E-state index contributed by atoms with van der Waals surface area (Å²) >= 11 is 1.43. The maximum atomic E-state index is 12.5. The molecular formula is C18H24N4OS. The Morgan fingerprint density at radius 3 is 2.58 bits per heavy atom. The number of hydrogen-bond donors (Lipinski definition) is 1. The van der Waals surface area contributed by atoms with Crippen LogP contribution in [0.5, 0.6) is 0 Å². The van der Waals surface area contributed by atoms with Crippen LogP contribution in [-0.2, 0) is 10.2 Å². The molecule has 1 aromatic rings. The Hall–Kier alpha value is -1.89. The number of thiophene rings is 1. The number of piperidine rings is 1. The number of anilines is 1. The van der Waals surface area contributed by atoms with Crippen molar-refractivity contribution in [2.24, 2.45) is 5.92 Å². The van der Waals surface area contributed by atoms with E-state index in [-0.39, 0.29) is 17.2 Å². The summed E-state index contributed by atoms with van der Waals surface area (Å²) in [6.45, 7) is 8.68. The molecule has 5 nitrogen and oxygen atoms in total. The van der Waals surface area contributed by atoms with Crippen molar-refractivity contribution in [2.75, 3.05) is 25.0 Å². The fourth-order valence-corrected chi connectivity index (χ4v) is 4.09. The topological polar surface area (TPSA) is 79.9 Å². The first-order chi connectivity index (χ1) is 11.4. The van der Waals surface area contributed by atoms with E-state index in [0.29, 0.717) is 17.0 Å². The molecule has 128 valence electrons. The Labute approximate surface area is 147 Å². The number of carbonyl (C=O) groups excluding carboxylic acids is 1. The van der Waals surface area contributed by atoms with Gasteiger partial charge in [-0.25, -0.2) is 0 Å². The summed E-state index contributed by atoms with van der Waals surface area (Å²) in [5.41, 5.74) is 1.46. The van der Waals surface area contributed by atoms with Crippen LogP contribution in [0, 0.1) is 28.6 Å². The molecule has 1 aromatic heterocycles. The fraction of sp³-hybridized carbons (Fsp3) is 0.611. The average molecular weight is 344 g/mol. The zero-order valence-corrected chi connectivity index (χ0v) is 15.4. The van der Waals surface area contributed by atoms with E-state index in [2.05, 4.69) is 43.1 Å². The lowest BCUT2D eigenvalue weighted by Gasteiger charge is -2.30. The minimum atomic E-state index is -0.114. The predicted molar refractivity (Wildman–Crippen MR) is 95.8 cm³/mol. The van der Waals surface area contributed by atoms with Crippen LogP contribution in [0.1, 0.15) is 51.2 Å². The van der Waals surface area contributed by atoms with Crippen LogP contribution in [0.3, 0.4) is 0 Å². The van der Waals surface area contributed by atoms with Crippen LogP contribution in [0.15, 0.2) is 5.38 Å². The molecule has 6 heteroatoms. The highest BCUT2D eigenvalue weighted by Gasteiger charge is 2.27. The van der Waals surface area contributed by atoms with E-state index in [1.54, 1.807) is 0 Å². The smallest absolute Gasteiger partial charge is 0.228 e. The zero-order valence-electron chi connectivity index (χ0n) is 14.6. The monoisotopic (exact) mass is 344 g/mol. The molecule has 0 bridgehead atoms. The van der Waals surface area contributed by atoms with Gasteiger partial charge in [0.15, 0.2) is 0 Å². The molecule has 2 heterocycles. The minimum Gasteiger partial charge on any atom is -0.316 e. The number of likely N-dealkylation sites (tertiary alicyclic amines) is 1. The number of nitrogens with one attached hydrogen (secondary N) is 1. The van der Waals surface area contributed by atoms with Gasteiger partial charge >= 0.3 is 0 Å². The molecule has 24 heavy (non-hydrogen) atoms. The van der Waals surface area contributed by atoms with Gasteiger partial charge in [-0.2, -0.15) is 10.5 Å². The van der Waals surface area contributed by atoms with Gasteiger partial charge in [-0.1, -0.05) is 20.8 Å². The molecule has 0 radical (unpaired) electrons. The summed E-state index contributed by atoms with van der Waals surface area (Å²) in [6, 6.07) is 4.40. The third-order valence-electron chi connectivity index (χ3n) is 4.45. The van der Waals surface area contributed by atoms with Crippen molar-refractivity contribution >= 4 is 22.2 Å². The third-order valence-corrected chi connectivity index (χ3v) is 5.34. The molecule has 0 spiro atoms. The molecule has 1 aliphatic rings. The number of amides is 1.